The summed E-state index contributed by atoms with van der Waals surface area (Å²) in [4.78, 5) is 16.0. The van der Waals surface area contributed by atoms with E-state index in [9.17, 15) is 9.90 Å². The van der Waals surface area contributed by atoms with Crippen LogP contribution in [0.4, 0.5) is 0 Å². The minimum atomic E-state index is -0.925. The first kappa shape index (κ1) is 13.3. The summed E-state index contributed by atoms with van der Waals surface area (Å²) >= 11 is 1.21. The highest BCUT2D eigenvalue weighted by Crippen LogP contribution is 2.22. The fourth-order valence-corrected chi connectivity index (χ4v) is 3.08. The number of rotatable bonds is 4. The molecule has 0 bridgehead atoms. The molecule has 1 N–H and O–H groups in total. The van der Waals surface area contributed by atoms with Gasteiger partial charge in [0.05, 0.1) is 30.1 Å². The highest BCUT2D eigenvalue weighted by molar-refractivity contribution is 7.12. The van der Waals surface area contributed by atoms with Crippen molar-refractivity contribution in [2.24, 2.45) is 0 Å². The Bertz CT molecular complexity index is 857. The number of benzene rings is 1. The summed E-state index contributed by atoms with van der Waals surface area (Å²) in [6.45, 7) is 0.405. The highest BCUT2D eigenvalue weighted by atomic mass is 32.1. The zero-order valence-corrected chi connectivity index (χ0v) is 11.8. The van der Waals surface area contributed by atoms with Crippen molar-refractivity contribution in [2.45, 2.75) is 13.0 Å². The van der Waals surface area contributed by atoms with Crippen LogP contribution < -0.4 is 0 Å². The number of carboxylic acid groups (broad SMARTS) is 1. The van der Waals surface area contributed by atoms with E-state index in [1.54, 1.807) is 11.4 Å². The molecule has 0 amide bonds. The van der Waals surface area contributed by atoms with E-state index < -0.39 is 5.97 Å². The monoisotopic (exact) mass is 297 g/mol. The van der Waals surface area contributed by atoms with Gasteiger partial charge in [-0.3, -0.25) is 0 Å². The van der Waals surface area contributed by atoms with Gasteiger partial charge in [0.25, 0.3) is 0 Å². The number of carboxylic acids is 1. The minimum absolute atomic E-state index is 0.196. The first-order chi connectivity index (χ1) is 10.2. The van der Waals surface area contributed by atoms with Crippen LogP contribution in [-0.4, -0.2) is 20.6 Å². The lowest BCUT2D eigenvalue weighted by Gasteiger charge is -2.07. The fourth-order valence-electron chi connectivity index (χ4n) is 2.33. The summed E-state index contributed by atoms with van der Waals surface area (Å²) in [5.41, 5.74) is 2.45. The molecule has 6 heteroatoms. The molecule has 0 fully saturated rings. The molecule has 0 unspecified atom stereocenters. The number of nitriles is 1. The van der Waals surface area contributed by atoms with Gasteiger partial charge in [-0.05, 0) is 29.1 Å². The Morgan fingerprint density at radius 3 is 2.95 bits per heavy atom. The molecule has 0 saturated heterocycles. The largest absolute Gasteiger partial charge is 0.477 e. The van der Waals surface area contributed by atoms with Gasteiger partial charge in [-0.25, -0.2) is 9.78 Å². The first-order valence-corrected chi connectivity index (χ1v) is 7.19. The summed E-state index contributed by atoms with van der Waals surface area (Å²) in [6, 6.07) is 11.5. The van der Waals surface area contributed by atoms with Crippen molar-refractivity contribution in [1.82, 2.24) is 9.55 Å². The summed E-state index contributed by atoms with van der Waals surface area (Å²) in [5.74, 6) is -0.271. The van der Waals surface area contributed by atoms with Crippen molar-refractivity contribution in [2.75, 3.05) is 0 Å². The Balaban J connectivity index is 2.11. The molecule has 104 valence electrons. The number of nitrogens with zero attached hydrogens (tertiary/aromatic N) is 3. The summed E-state index contributed by atoms with van der Waals surface area (Å²) in [5, 5.41) is 19.9. The molecule has 0 aliphatic carbocycles. The molecule has 5 nitrogen and oxygen atoms in total. The van der Waals surface area contributed by atoms with Crippen molar-refractivity contribution < 1.29 is 9.90 Å². The molecule has 2 aromatic heterocycles. The number of aromatic carboxylic acids is 1. The van der Waals surface area contributed by atoms with Crippen LogP contribution in [0.25, 0.3) is 11.0 Å². The zero-order valence-electron chi connectivity index (χ0n) is 11.0. The molecule has 0 aliphatic heterocycles. The molecule has 0 saturated carbocycles. The smallest absolute Gasteiger partial charge is 0.346 e. The van der Waals surface area contributed by atoms with Gasteiger partial charge in [0.15, 0.2) is 0 Å². The van der Waals surface area contributed by atoms with Crippen molar-refractivity contribution in [1.29, 1.82) is 5.26 Å². The topological polar surface area (TPSA) is 78.9 Å². The predicted molar refractivity (Wildman–Crippen MR) is 79.4 cm³/mol. The highest BCUT2D eigenvalue weighted by Gasteiger charge is 2.16. The molecule has 0 spiro atoms. The number of hydrogen-bond donors (Lipinski definition) is 1. The number of hydrogen-bond acceptors (Lipinski definition) is 4. The molecule has 3 aromatic rings. The van der Waals surface area contributed by atoms with Gasteiger partial charge in [0, 0.05) is 0 Å². The van der Waals surface area contributed by atoms with Crippen LogP contribution in [0, 0.1) is 11.3 Å². The maximum absolute atomic E-state index is 11.2. The third kappa shape index (κ3) is 2.39. The molecule has 1 aromatic carbocycles. The Kier molecular flexibility index (Phi) is 3.42. The number of fused-ring (bicyclic) bond motifs is 1. The fraction of sp³-hybridized carbons (Fsp3) is 0.133. The molecule has 2 heterocycles. The molecule has 0 radical (unpaired) electrons. The summed E-state index contributed by atoms with van der Waals surface area (Å²) in [7, 11) is 0. The van der Waals surface area contributed by atoms with Gasteiger partial charge in [0.2, 0.25) is 0 Å². The van der Waals surface area contributed by atoms with Crippen LogP contribution in [0.5, 0.6) is 0 Å². The van der Waals surface area contributed by atoms with Gasteiger partial charge in [-0.2, -0.15) is 5.26 Å². The standard InChI is InChI=1S/C15H11N3O2S/c16-7-5-13-17-11-3-1-2-4-12(11)18(13)9-10-6-8-21-14(10)15(19)20/h1-4,6,8H,5,9H2,(H,19,20). The average molecular weight is 297 g/mol. The molecule has 0 atom stereocenters. The maximum atomic E-state index is 11.2. The van der Waals surface area contributed by atoms with Crippen LogP contribution in [-0.2, 0) is 13.0 Å². The lowest BCUT2D eigenvalue weighted by Crippen LogP contribution is -2.07. The van der Waals surface area contributed by atoms with Gasteiger partial charge in [-0.1, -0.05) is 12.1 Å². The van der Waals surface area contributed by atoms with Crippen LogP contribution in [0.3, 0.4) is 0 Å². The van der Waals surface area contributed by atoms with Crippen molar-refractivity contribution in [3.05, 3.63) is 52.0 Å². The first-order valence-electron chi connectivity index (χ1n) is 6.31. The van der Waals surface area contributed by atoms with E-state index in [1.165, 1.54) is 11.3 Å². The Labute approximate surface area is 124 Å². The van der Waals surface area contributed by atoms with Crippen molar-refractivity contribution in [3.8, 4) is 6.07 Å². The van der Waals surface area contributed by atoms with Gasteiger partial charge in [0.1, 0.15) is 10.7 Å². The summed E-state index contributed by atoms with van der Waals surface area (Å²) < 4.78 is 1.91. The zero-order chi connectivity index (χ0) is 14.8. The second-order valence-electron chi connectivity index (χ2n) is 4.52. The van der Waals surface area contributed by atoms with Crippen molar-refractivity contribution in [3.63, 3.8) is 0 Å². The van der Waals surface area contributed by atoms with E-state index in [0.717, 1.165) is 16.6 Å². The van der Waals surface area contributed by atoms with Gasteiger partial charge in [-0.15, -0.1) is 11.3 Å². The third-order valence-electron chi connectivity index (χ3n) is 3.24. The Morgan fingerprint density at radius 1 is 1.38 bits per heavy atom. The quantitative estimate of drug-likeness (QED) is 0.803. The van der Waals surface area contributed by atoms with E-state index >= 15 is 0 Å². The number of thiophene rings is 1. The van der Waals surface area contributed by atoms with Crippen LogP contribution in [0.1, 0.15) is 21.1 Å². The second kappa shape index (κ2) is 5.38. The second-order valence-corrected chi connectivity index (χ2v) is 5.43. The van der Waals surface area contributed by atoms with Crippen LogP contribution in [0.2, 0.25) is 0 Å². The molecule has 0 aliphatic rings. The minimum Gasteiger partial charge on any atom is -0.477 e. The molecular weight excluding hydrogens is 286 g/mol. The van der Waals surface area contributed by atoms with E-state index in [2.05, 4.69) is 11.1 Å². The third-order valence-corrected chi connectivity index (χ3v) is 4.18. The maximum Gasteiger partial charge on any atom is 0.346 e. The van der Waals surface area contributed by atoms with Gasteiger partial charge < -0.3 is 9.67 Å². The lowest BCUT2D eigenvalue weighted by atomic mass is 10.2. The number of aromatic nitrogens is 2. The van der Waals surface area contributed by atoms with E-state index in [1.807, 2.05) is 28.8 Å². The predicted octanol–water partition coefficient (Wildman–Crippen LogP) is 2.91. The Hall–Kier alpha value is -2.65. The molecular formula is C15H11N3O2S. The van der Waals surface area contributed by atoms with Crippen molar-refractivity contribution >= 4 is 28.3 Å². The van der Waals surface area contributed by atoms with E-state index in [0.29, 0.717) is 17.2 Å². The molecule has 21 heavy (non-hydrogen) atoms. The van der Waals surface area contributed by atoms with Crippen LogP contribution in [0.15, 0.2) is 35.7 Å². The Morgan fingerprint density at radius 2 is 2.19 bits per heavy atom. The normalized spacial score (nSPS) is 10.6. The molecule has 3 rings (SSSR count). The van der Waals surface area contributed by atoms with Gasteiger partial charge >= 0.3 is 5.97 Å². The number of carbonyl (C=O) groups is 1. The SMILES string of the molecule is N#CCc1nc2ccccc2n1Cc1ccsc1C(=O)O. The number of imidazole rings is 1. The van der Waals surface area contributed by atoms with E-state index in [4.69, 9.17) is 5.26 Å². The summed E-state index contributed by atoms with van der Waals surface area (Å²) in [6.07, 6.45) is 0.196. The lowest BCUT2D eigenvalue weighted by molar-refractivity contribution is 0.0701. The van der Waals surface area contributed by atoms with E-state index in [-0.39, 0.29) is 6.42 Å². The van der Waals surface area contributed by atoms with Crippen LogP contribution >= 0.6 is 11.3 Å². The average Bonchev–Trinajstić information content (AvgIpc) is 3.06. The number of para-hydroxylation sites is 2.